The first-order valence-electron chi connectivity index (χ1n) is 1.90. The lowest BCUT2D eigenvalue weighted by atomic mass is 10.5. The quantitative estimate of drug-likeness (QED) is 0.604. The maximum atomic E-state index is 12.1. The predicted molar refractivity (Wildman–Crippen MR) is 33.7 cm³/mol. The highest BCUT2D eigenvalue weighted by Gasteiger charge is 2.02. The summed E-state index contributed by atoms with van der Waals surface area (Å²) in [7, 11) is 0. The van der Waals surface area contributed by atoms with Crippen molar-refractivity contribution in [1.82, 2.24) is 0 Å². The molecule has 0 fully saturated rings. The van der Waals surface area contributed by atoms with Gasteiger partial charge in [0.05, 0.1) is 5.69 Å². The molecule has 0 atom stereocenters. The maximum Gasteiger partial charge on any atom is 0.158 e. The number of hydrogen-bond acceptors (Lipinski definition) is 2. The van der Waals surface area contributed by atoms with Crippen LogP contribution in [-0.4, -0.2) is 0 Å². The Morgan fingerprint density at radius 3 is 2.50 bits per heavy atom. The van der Waals surface area contributed by atoms with Gasteiger partial charge in [-0.3, -0.25) is 0 Å². The zero-order valence-corrected chi connectivity index (χ0v) is 5.39. The monoisotopic (exact) mass is 151 g/mol. The van der Waals surface area contributed by atoms with E-state index in [9.17, 15) is 4.39 Å². The van der Waals surface area contributed by atoms with Crippen molar-refractivity contribution >= 4 is 28.6 Å². The van der Waals surface area contributed by atoms with Crippen LogP contribution < -0.4 is 5.73 Å². The highest BCUT2D eigenvalue weighted by atomic mass is 35.5. The van der Waals surface area contributed by atoms with Gasteiger partial charge in [0.1, 0.15) is 4.34 Å². The second kappa shape index (κ2) is 1.91. The van der Waals surface area contributed by atoms with Crippen LogP contribution in [-0.2, 0) is 0 Å². The Bertz CT molecular complexity index is 178. The highest BCUT2D eigenvalue weighted by molar-refractivity contribution is 7.15. The first kappa shape index (κ1) is 5.85. The molecule has 2 N–H and O–H groups in total. The largest absolute Gasteiger partial charge is 0.394 e. The van der Waals surface area contributed by atoms with E-state index in [1.807, 2.05) is 0 Å². The minimum Gasteiger partial charge on any atom is -0.394 e. The highest BCUT2D eigenvalue weighted by Crippen LogP contribution is 2.27. The van der Waals surface area contributed by atoms with Crippen LogP contribution in [0.25, 0.3) is 0 Å². The van der Waals surface area contributed by atoms with E-state index in [1.165, 1.54) is 5.38 Å². The molecule has 0 radical (unpaired) electrons. The molecule has 8 heavy (non-hydrogen) atoms. The molecule has 0 aromatic carbocycles. The van der Waals surface area contributed by atoms with Gasteiger partial charge >= 0.3 is 0 Å². The van der Waals surface area contributed by atoms with E-state index in [1.54, 1.807) is 0 Å². The predicted octanol–water partition coefficient (Wildman–Crippen LogP) is 2.12. The molecule has 0 saturated heterocycles. The van der Waals surface area contributed by atoms with Gasteiger partial charge in [-0.05, 0) is 0 Å². The van der Waals surface area contributed by atoms with Crippen molar-refractivity contribution in [2.24, 2.45) is 0 Å². The Morgan fingerprint density at radius 2 is 2.38 bits per heavy atom. The molecule has 4 heteroatoms. The lowest BCUT2D eigenvalue weighted by Crippen LogP contribution is -1.83. The van der Waals surface area contributed by atoms with Gasteiger partial charge in [-0.25, -0.2) is 4.39 Å². The number of nitrogen functional groups attached to an aromatic ring is 1. The SMILES string of the molecule is Nc1c(F)csc1Cl. The molecular formula is C4H3ClFNS. The van der Waals surface area contributed by atoms with Crippen molar-refractivity contribution in [2.75, 3.05) is 5.73 Å². The number of anilines is 1. The summed E-state index contributed by atoms with van der Waals surface area (Å²) < 4.78 is 12.5. The standard InChI is InChI=1S/C4H3ClFNS/c5-4-3(7)2(6)1-8-4/h1H,7H2. The van der Waals surface area contributed by atoms with E-state index in [0.717, 1.165) is 11.3 Å². The number of rotatable bonds is 0. The summed E-state index contributed by atoms with van der Waals surface area (Å²) >= 11 is 6.48. The summed E-state index contributed by atoms with van der Waals surface area (Å²) in [4.78, 5) is 0. The van der Waals surface area contributed by atoms with Gasteiger partial charge in [0.15, 0.2) is 5.82 Å². The van der Waals surface area contributed by atoms with Crippen LogP contribution in [0.2, 0.25) is 4.34 Å². The smallest absolute Gasteiger partial charge is 0.158 e. The summed E-state index contributed by atoms with van der Waals surface area (Å²) in [5, 5.41) is 1.28. The zero-order chi connectivity index (χ0) is 6.15. The first-order valence-corrected chi connectivity index (χ1v) is 3.15. The molecule has 0 saturated carbocycles. The topological polar surface area (TPSA) is 26.0 Å². The number of thiophene rings is 1. The van der Waals surface area contributed by atoms with Crippen LogP contribution >= 0.6 is 22.9 Å². The number of halogens is 2. The molecule has 1 aromatic rings. The molecule has 1 nitrogen and oxygen atoms in total. The molecular weight excluding hydrogens is 149 g/mol. The molecule has 0 bridgehead atoms. The van der Waals surface area contributed by atoms with E-state index < -0.39 is 5.82 Å². The summed E-state index contributed by atoms with van der Waals surface area (Å²) in [5.41, 5.74) is 5.16. The average Bonchev–Trinajstić information content (AvgIpc) is 1.98. The van der Waals surface area contributed by atoms with Crippen molar-refractivity contribution in [3.05, 3.63) is 15.5 Å². The lowest BCUT2D eigenvalue weighted by Gasteiger charge is -1.82. The third-order valence-corrected chi connectivity index (χ3v) is 1.96. The molecule has 1 heterocycles. The van der Waals surface area contributed by atoms with Crippen molar-refractivity contribution < 1.29 is 4.39 Å². The van der Waals surface area contributed by atoms with Gasteiger partial charge in [-0.1, -0.05) is 11.6 Å². The van der Waals surface area contributed by atoms with Crippen LogP contribution in [0.1, 0.15) is 0 Å². The van der Waals surface area contributed by atoms with Crippen LogP contribution in [0.15, 0.2) is 5.38 Å². The molecule has 0 aliphatic carbocycles. The molecule has 44 valence electrons. The zero-order valence-electron chi connectivity index (χ0n) is 3.82. The average molecular weight is 152 g/mol. The van der Waals surface area contributed by atoms with Crippen molar-refractivity contribution in [2.45, 2.75) is 0 Å². The third-order valence-electron chi connectivity index (χ3n) is 0.735. The summed E-state index contributed by atoms with van der Waals surface area (Å²) in [6.07, 6.45) is 0. The summed E-state index contributed by atoms with van der Waals surface area (Å²) in [6, 6.07) is 0. The molecule has 0 aliphatic heterocycles. The Balaban J connectivity index is 3.19. The fourth-order valence-corrected chi connectivity index (χ4v) is 1.11. The van der Waals surface area contributed by atoms with E-state index >= 15 is 0 Å². The number of hydrogen-bond donors (Lipinski definition) is 1. The molecule has 0 amide bonds. The second-order valence-corrected chi connectivity index (χ2v) is 2.75. The van der Waals surface area contributed by atoms with E-state index in [-0.39, 0.29) is 5.69 Å². The van der Waals surface area contributed by atoms with Crippen LogP contribution in [0.4, 0.5) is 10.1 Å². The van der Waals surface area contributed by atoms with Gasteiger partial charge < -0.3 is 5.73 Å². The van der Waals surface area contributed by atoms with Gasteiger partial charge in [0, 0.05) is 5.38 Å². The van der Waals surface area contributed by atoms with Gasteiger partial charge in [-0.15, -0.1) is 11.3 Å². The molecule has 1 rings (SSSR count). The Hall–Kier alpha value is -0.280. The van der Waals surface area contributed by atoms with E-state index in [2.05, 4.69) is 0 Å². The molecule has 1 aromatic heterocycles. The molecule has 0 spiro atoms. The second-order valence-electron chi connectivity index (χ2n) is 1.27. The van der Waals surface area contributed by atoms with E-state index in [4.69, 9.17) is 17.3 Å². The minimum absolute atomic E-state index is 0.0525. The lowest BCUT2D eigenvalue weighted by molar-refractivity contribution is 0.638. The van der Waals surface area contributed by atoms with Crippen molar-refractivity contribution in [1.29, 1.82) is 0 Å². The van der Waals surface area contributed by atoms with E-state index in [0.29, 0.717) is 4.34 Å². The fourth-order valence-electron chi connectivity index (χ4n) is 0.324. The Labute approximate surface area is 54.9 Å². The summed E-state index contributed by atoms with van der Waals surface area (Å²) in [6.45, 7) is 0. The maximum absolute atomic E-state index is 12.1. The Kier molecular flexibility index (Phi) is 1.40. The van der Waals surface area contributed by atoms with Crippen molar-refractivity contribution in [3.63, 3.8) is 0 Å². The third kappa shape index (κ3) is 0.788. The first-order chi connectivity index (χ1) is 3.72. The van der Waals surface area contributed by atoms with Gasteiger partial charge in [-0.2, -0.15) is 0 Å². The van der Waals surface area contributed by atoms with Crippen LogP contribution in [0, 0.1) is 5.82 Å². The minimum atomic E-state index is -0.431. The number of nitrogens with two attached hydrogens (primary N) is 1. The molecule has 0 aliphatic rings. The van der Waals surface area contributed by atoms with Crippen LogP contribution in [0.3, 0.4) is 0 Å². The Morgan fingerprint density at radius 1 is 1.75 bits per heavy atom. The van der Waals surface area contributed by atoms with Crippen LogP contribution in [0.5, 0.6) is 0 Å². The van der Waals surface area contributed by atoms with Gasteiger partial charge in [0.2, 0.25) is 0 Å². The van der Waals surface area contributed by atoms with Gasteiger partial charge in [0.25, 0.3) is 0 Å². The summed E-state index contributed by atoms with van der Waals surface area (Å²) in [5.74, 6) is -0.431. The van der Waals surface area contributed by atoms with Crippen molar-refractivity contribution in [3.8, 4) is 0 Å². The fraction of sp³-hybridized carbons (Fsp3) is 0. The molecule has 0 unspecified atom stereocenters. The normalized spacial score (nSPS) is 9.75.